The molecule has 0 aromatic heterocycles. The van der Waals surface area contributed by atoms with Crippen molar-refractivity contribution in [2.45, 2.75) is 403 Å². The Kier molecular flexibility index (Phi) is 34.7. The minimum atomic E-state index is -0.502. The number of hydrogen-bond acceptors (Lipinski definition) is 6. The Morgan fingerprint density at radius 3 is 0.444 bits per heavy atom. The molecule has 6 nitrogen and oxygen atoms in total. The van der Waals surface area contributed by atoms with E-state index in [0.717, 1.165) is 190 Å². The van der Waals surface area contributed by atoms with E-state index >= 15 is 0 Å². The van der Waals surface area contributed by atoms with Crippen LogP contribution in [0, 0.1) is 35.5 Å². The predicted octanol–water partition coefficient (Wildman–Crippen LogP) is 33.7. The molecule has 0 bridgehead atoms. The fourth-order valence-electron chi connectivity index (χ4n) is 26.5. The van der Waals surface area contributed by atoms with Gasteiger partial charge in [0, 0.05) is 0 Å². The topological polar surface area (TPSA) is 121 Å². The highest BCUT2D eigenvalue weighted by Gasteiger charge is 2.53. The summed E-state index contributed by atoms with van der Waals surface area (Å²) in [6, 6.07) is 37.0. The maximum absolute atomic E-state index is 10.3. The lowest BCUT2D eigenvalue weighted by Crippen LogP contribution is -2.43. The average Bonchev–Trinajstić information content (AvgIpc) is 1.36. The van der Waals surface area contributed by atoms with Crippen LogP contribution in [0.15, 0.2) is 109 Å². The smallest absolute Gasteiger partial charge is 0.0620 e. The molecule has 6 aromatic rings. The maximum atomic E-state index is 10.3. The van der Waals surface area contributed by atoms with Crippen LogP contribution in [-0.2, 0) is 32.5 Å². The fourth-order valence-corrected chi connectivity index (χ4v) is 28.3. The van der Waals surface area contributed by atoms with E-state index in [2.05, 4.69) is 72.8 Å². The van der Waals surface area contributed by atoms with E-state index in [0.29, 0.717) is 60.3 Å². The molecule has 0 atom stereocenters. The maximum Gasteiger partial charge on any atom is 0.0620 e. The molecule has 0 amide bonds. The van der Waals surface area contributed by atoms with Gasteiger partial charge in [-0.05, 0) is 433 Å². The molecule has 12 aliphatic rings. The molecule has 0 unspecified atom stereocenters. The van der Waals surface area contributed by atoms with Crippen LogP contribution in [0.2, 0.25) is 60.3 Å². The first-order chi connectivity index (χ1) is 58.9. The van der Waals surface area contributed by atoms with Gasteiger partial charge in [0.15, 0.2) is 0 Å². The molecule has 0 radical (unpaired) electrons. The molecule has 12 fully saturated rings. The lowest BCUT2D eigenvalue weighted by Gasteiger charge is -2.47. The number of rotatable bonds is 12. The highest BCUT2D eigenvalue weighted by atomic mass is 35.5. The average molecular weight is 1940 g/mol. The van der Waals surface area contributed by atoms with E-state index in [1.54, 1.807) is 0 Å². The van der Waals surface area contributed by atoms with Gasteiger partial charge in [0.2, 0.25) is 0 Å². The summed E-state index contributed by atoms with van der Waals surface area (Å²) >= 11 is 74.1. The van der Waals surface area contributed by atoms with Crippen molar-refractivity contribution in [1.82, 2.24) is 0 Å². The molecule has 0 saturated heterocycles. The summed E-state index contributed by atoms with van der Waals surface area (Å²) in [4.78, 5) is 0. The van der Waals surface area contributed by atoms with Gasteiger partial charge >= 0.3 is 0 Å². The van der Waals surface area contributed by atoms with E-state index in [-0.39, 0.29) is 44.7 Å². The molecule has 12 aliphatic carbocycles. The van der Waals surface area contributed by atoms with Gasteiger partial charge in [0.1, 0.15) is 0 Å². The zero-order valence-corrected chi connectivity index (χ0v) is 83.2. The number of hydrogen-bond donors (Lipinski definition) is 6. The zero-order valence-electron chi connectivity index (χ0n) is 74.2. The van der Waals surface area contributed by atoms with E-state index in [4.69, 9.17) is 139 Å². The third kappa shape index (κ3) is 23.5. The molecule has 18 rings (SSSR count). The lowest BCUT2D eigenvalue weighted by atomic mass is 9.59. The molecule has 0 heterocycles. The van der Waals surface area contributed by atoms with Crippen LogP contribution in [0.3, 0.4) is 0 Å². The van der Waals surface area contributed by atoms with Crippen LogP contribution in [-0.4, -0.2) is 65.3 Å². The molecule has 6 aromatic carbocycles. The molecule has 12 saturated carbocycles. The zero-order chi connectivity index (χ0) is 88.7. The molecule has 0 aliphatic heterocycles. The Balaban J connectivity index is 0.000000128. The normalized spacial score (nSPS) is 33.4. The van der Waals surface area contributed by atoms with Gasteiger partial charge in [-0.1, -0.05) is 253 Å². The Hall–Kier alpha value is -1.44. The Labute approximate surface area is 804 Å². The van der Waals surface area contributed by atoms with E-state index in [9.17, 15) is 30.6 Å². The summed E-state index contributed by atoms with van der Waals surface area (Å²) in [5.41, 5.74) is 7.18. The monoisotopic (exact) mass is 1930 g/mol. The minimum Gasteiger partial charge on any atom is -0.393 e. The first kappa shape index (κ1) is 100. The summed E-state index contributed by atoms with van der Waals surface area (Å²) < 4.78 is 0. The third-order valence-electron chi connectivity index (χ3n) is 34.4. The third-order valence-corrected chi connectivity index (χ3v) is 38.8. The molecule has 124 heavy (non-hydrogen) atoms. The number of aliphatic hydroxyl groups is 6. The Bertz CT molecular complexity index is 3950. The summed E-state index contributed by atoms with van der Waals surface area (Å²) in [6.07, 6.45) is 55.0. The number of halogens is 12. The molecule has 0 spiro atoms. The van der Waals surface area contributed by atoms with Crippen LogP contribution < -0.4 is 0 Å². The highest BCUT2D eigenvalue weighted by molar-refractivity contribution is 6.44. The summed E-state index contributed by atoms with van der Waals surface area (Å²) in [6.45, 7) is 7.89. The second-order valence-corrected chi connectivity index (χ2v) is 46.9. The van der Waals surface area contributed by atoms with Gasteiger partial charge in [0.05, 0.1) is 94.9 Å². The predicted molar refractivity (Wildman–Crippen MR) is 526 cm³/mol. The van der Waals surface area contributed by atoms with E-state index in [1.165, 1.54) is 187 Å². The summed E-state index contributed by atoms with van der Waals surface area (Å²) in [7, 11) is 0. The van der Waals surface area contributed by atoms with Crippen molar-refractivity contribution < 1.29 is 30.6 Å². The van der Waals surface area contributed by atoms with Gasteiger partial charge < -0.3 is 30.6 Å². The van der Waals surface area contributed by atoms with Crippen LogP contribution in [0.4, 0.5) is 0 Å². The van der Waals surface area contributed by atoms with Crippen molar-refractivity contribution in [3.8, 4) is 0 Å². The molecule has 6 N–H and O–H groups in total. The summed E-state index contributed by atoms with van der Waals surface area (Å²) in [5.74, 6) is 4.40. The number of benzene rings is 6. The SMILES string of the molecule is CC1(O)CCC(c2ccc(Cl)c(Cl)c2)(C2CCCC2)CC1.CC1(O)CCC(c2ccc(Cl)c(Cl)c2)(C2CCCC2)CC1.CC1(O)CCC(c2ccc(Cl)c(Cl)c2)(C2CCCC2)CC1.CC1(O)CCC(c2ccc(Cl)c(Cl)c2)(C2CCCC2)CC1.OC1CCC(c2ccc(Cl)c(Cl)c2)(C2CCCC2)CC1.OC1CCC(c2ccc(Cl)c(Cl)c2)(C2CCCC2)CC1. The van der Waals surface area contributed by atoms with Gasteiger partial charge in [0.25, 0.3) is 0 Å². The van der Waals surface area contributed by atoms with Gasteiger partial charge in [-0.15, -0.1) is 0 Å². The van der Waals surface area contributed by atoms with Crippen molar-refractivity contribution >= 4 is 139 Å². The standard InChI is InChI=1S/4C18H24Cl2O.2C17H22Cl2O/c4*1-17(21)8-10-18(11-9-17,13-4-2-3-5-13)14-6-7-15(19)16(20)12-14;2*18-15-6-5-13(11-16(15)19)17(12-3-1-2-4-12)9-7-14(20)8-10-17/h4*6-7,12-13,21H,2-5,8-11H2,1H3;2*5-6,11-12,14,20H,1-4,7-10H2. The van der Waals surface area contributed by atoms with Crippen LogP contribution in [0.25, 0.3) is 0 Å². The van der Waals surface area contributed by atoms with Gasteiger partial charge in [-0.2, -0.15) is 0 Å². The van der Waals surface area contributed by atoms with Crippen LogP contribution >= 0.6 is 139 Å². The van der Waals surface area contributed by atoms with Gasteiger partial charge in [-0.25, -0.2) is 0 Å². The second-order valence-electron chi connectivity index (χ2n) is 42.0. The lowest BCUT2D eigenvalue weighted by molar-refractivity contribution is -0.0121. The molecular weight excluding hydrogens is 1790 g/mol. The molecule has 684 valence electrons. The van der Waals surface area contributed by atoms with E-state index in [1.807, 2.05) is 64.1 Å². The first-order valence-corrected chi connectivity index (χ1v) is 52.5. The fraction of sp³-hybridized carbons (Fsp3) is 0.660. The van der Waals surface area contributed by atoms with Crippen molar-refractivity contribution in [2.75, 3.05) is 0 Å². The Morgan fingerprint density at radius 1 is 0.185 bits per heavy atom. The van der Waals surface area contributed by atoms with Crippen LogP contribution in [0.5, 0.6) is 0 Å². The van der Waals surface area contributed by atoms with Crippen LogP contribution in [0.1, 0.15) is 369 Å². The molecule has 18 heteroatoms. The second kappa shape index (κ2) is 43.1. The molecular formula is C106H140Cl12O6. The quantitative estimate of drug-likeness (QED) is 0.0726. The van der Waals surface area contributed by atoms with Gasteiger partial charge in [-0.3, -0.25) is 0 Å². The summed E-state index contributed by atoms with van der Waals surface area (Å²) in [5, 5.41) is 68.9. The van der Waals surface area contributed by atoms with Crippen molar-refractivity contribution in [2.24, 2.45) is 35.5 Å². The number of aliphatic hydroxyl groups excluding tert-OH is 2. The minimum absolute atomic E-state index is 0.118. The first-order valence-electron chi connectivity index (χ1n) is 47.9. The Morgan fingerprint density at radius 2 is 0.315 bits per heavy atom. The van der Waals surface area contributed by atoms with E-state index < -0.39 is 22.4 Å². The highest BCUT2D eigenvalue weighted by Crippen LogP contribution is 2.60. The van der Waals surface area contributed by atoms with Crippen molar-refractivity contribution in [3.05, 3.63) is 203 Å². The van der Waals surface area contributed by atoms with Crippen molar-refractivity contribution in [3.63, 3.8) is 0 Å². The largest absolute Gasteiger partial charge is 0.393 e. The van der Waals surface area contributed by atoms with Crippen molar-refractivity contribution in [1.29, 1.82) is 0 Å².